The van der Waals surface area contributed by atoms with Crippen molar-refractivity contribution in [3.05, 3.63) is 81.3 Å². The Morgan fingerprint density at radius 3 is 2.41 bits per heavy atom. The molecule has 0 atom stereocenters. The predicted molar refractivity (Wildman–Crippen MR) is 102 cm³/mol. The fourth-order valence-electron chi connectivity index (χ4n) is 2.47. The first-order valence-electron chi connectivity index (χ1n) is 8.61. The standard InChI is InChI=1S/C20H20N4O3/c1-3-27-19(26)15-8-10-16(11-9-15)21-20-22-18(25)17(23-24-20)12-14-6-4-13(2)5-7-14/h4-11H,3,12H2,1-2H3,(H2,21,22,24,25). The van der Waals surface area contributed by atoms with Crippen molar-refractivity contribution in [2.75, 3.05) is 11.9 Å². The van der Waals surface area contributed by atoms with Crippen LogP contribution in [-0.2, 0) is 11.2 Å². The van der Waals surface area contributed by atoms with Crippen LogP contribution in [0, 0.1) is 6.92 Å². The number of H-pyrrole nitrogens is 1. The van der Waals surface area contributed by atoms with E-state index in [4.69, 9.17) is 4.74 Å². The molecule has 0 aliphatic rings. The van der Waals surface area contributed by atoms with E-state index in [-0.39, 0.29) is 17.5 Å². The van der Waals surface area contributed by atoms with Crippen LogP contribution in [0.4, 0.5) is 11.6 Å². The topological polar surface area (TPSA) is 97.0 Å². The summed E-state index contributed by atoms with van der Waals surface area (Å²) in [5.74, 6) is -0.144. The van der Waals surface area contributed by atoms with E-state index >= 15 is 0 Å². The van der Waals surface area contributed by atoms with Gasteiger partial charge in [-0.2, -0.15) is 0 Å². The van der Waals surface area contributed by atoms with Gasteiger partial charge < -0.3 is 10.1 Å². The van der Waals surface area contributed by atoms with Gasteiger partial charge in [-0.15, -0.1) is 10.2 Å². The van der Waals surface area contributed by atoms with Crippen LogP contribution in [0.25, 0.3) is 0 Å². The molecule has 2 N–H and O–H groups in total. The molecular weight excluding hydrogens is 344 g/mol. The highest BCUT2D eigenvalue weighted by Crippen LogP contribution is 2.14. The summed E-state index contributed by atoms with van der Waals surface area (Å²) in [6.45, 7) is 4.09. The van der Waals surface area contributed by atoms with Crippen molar-refractivity contribution >= 4 is 17.6 Å². The monoisotopic (exact) mass is 364 g/mol. The van der Waals surface area contributed by atoms with Crippen molar-refractivity contribution in [1.29, 1.82) is 0 Å². The number of benzene rings is 2. The van der Waals surface area contributed by atoms with Gasteiger partial charge in [0.05, 0.1) is 12.2 Å². The second-order valence-electron chi connectivity index (χ2n) is 6.03. The minimum absolute atomic E-state index is 0.233. The summed E-state index contributed by atoms with van der Waals surface area (Å²) in [6, 6.07) is 14.6. The van der Waals surface area contributed by atoms with E-state index < -0.39 is 0 Å². The third kappa shape index (κ3) is 4.78. The van der Waals surface area contributed by atoms with E-state index in [1.807, 2.05) is 31.2 Å². The number of nitrogens with one attached hydrogen (secondary N) is 2. The van der Waals surface area contributed by atoms with Crippen LogP contribution < -0.4 is 10.9 Å². The summed E-state index contributed by atoms with van der Waals surface area (Å²) in [4.78, 5) is 26.6. The number of esters is 1. The van der Waals surface area contributed by atoms with Crippen LogP contribution >= 0.6 is 0 Å². The second kappa shape index (κ2) is 8.27. The van der Waals surface area contributed by atoms with Gasteiger partial charge in [0.1, 0.15) is 5.69 Å². The molecule has 0 saturated carbocycles. The Kier molecular flexibility index (Phi) is 5.61. The van der Waals surface area contributed by atoms with E-state index in [0.717, 1.165) is 11.1 Å². The minimum Gasteiger partial charge on any atom is -0.462 e. The van der Waals surface area contributed by atoms with Crippen molar-refractivity contribution in [3.8, 4) is 0 Å². The van der Waals surface area contributed by atoms with Crippen LogP contribution in [0.1, 0.15) is 34.1 Å². The summed E-state index contributed by atoms with van der Waals surface area (Å²) in [5.41, 5.74) is 3.33. The number of anilines is 2. The lowest BCUT2D eigenvalue weighted by Gasteiger charge is -2.07. The van der Waals surface area contributed by atoms with Crippen molar-refractivity contribution in [2.45, 2.75) is 20.3 Å². The third-order valence-corrected chi connectivity index (χ3v) is 3.92. The number of rotatable bonds is 6. The normalized spacial score (nSPS) is 10.4. The maximum absolute atomic E-state index is 12.3. The molecule has 0 radical (unpaired) electrons. The molecule has 0 spiro atoms. The summed E-state index contributed by atoms with van der Waals surface area (Å²) < 4.78 is 4.94. The lowest BCUT2D eigenvalue weighted by molar-refractivity contribution is 0.0526. The number of ether oxygens (including phenoxy) is 1. The smallest absolute Gasteiger partial charge is 0.338 e. The molecule has 7 heteroatoms. The van der Waals surface area contributed by atoms with Gasteiger partial charge in [-0.25, -0.2) is 4.79 Å². The first-order chi connectivity index (χ1) is 13.0. The molecule has 1 aromatic heterocycles. The highest BCUT2D eigenvalue weighted by molar-refractivity contribution is 5.89. The van der Waals surface area contributed by atoms with Gasteiger partial charge in [-0.1, -0.05) is 29.8 Å². The fourth-order valence-corrected chi connectivity index (χ4v) is 2.47. The lowest BCUT2D eigenvalue weighted by atomic mass is 10.1. The number of nitrogens with zero attached hydrogens (tertiary/aromatic N) is 2. The maximum Gasteiger partial charge on any atom is 0.338 e. The van der Waals surface area contributed by atoms with Gasteiger partial charge in [0.25, 0.3) is 5.56 Å². The van der Waals surface area contributed by atoms with Crippen LogP contribution in [0.15, 0.2) is 53.3 Å². The zero-order valence-electron chi connectivity index (χ0n) is 15.2. The molecule has 0 aliphatic carbocycles. The number of carbonyl (C=O) groups excluding carboxylic acids is 1. The van der Waals surface area contributed by atoms with Gasteiger partial charge in [-0.3, -0.25) is 9.78 Å². The van der Waals surface area contributed by atoms with Crippen LogP contribution in [0.2, 0.25) is 0 Å². The highest BCUT2D eigenvalue weighted by Gasteiger charge is 2.08. The number of aryl methyl sites for hydroxylation is 1. The number of aromatic nitrogens is 3. The Bertz CT molecular complexity index is 979. The first kappa shape index (κ1) is 18.3. The Morgan fingerprint density at radius 2 is 1.78 bits per heavy atom. The summed E-state index contributed by atoms with van der Waals surface area (Å²) in [6.07, 6.45) is 0.414. The molecule has 138 valence electrons. The molecule has 0 aliphatic heterocycles. The summed E-state index contributed by atoms with van der Waals surface area (Å²) in [5, 5.41) is 11.0. The minimum atomic E-state index is -0.377. The molecule has 3 aromatic rings. The second-order valence-corrected chi connectivity index (χ2v) is 6.03. The highest BCUT2D eigenvalue weighted by atomic mass is 16.5. The van der Waals surface area contributed by atoms with Crippen molar-refractivity contribution in [3.63, 3.8) is 0 Å². The van der Waals surface area contributed by atoms with Crippen molar-refractivity contribution in [2.24, 2.45) is 0 Å². The Labute approximate surface area is 156 Å². The molecule has 0 saturated heterocycles. The van der Waals surface area contributed by atoms with Crippen molar-refractivity contribution in [1.82, 2.24) is 15.2 Å². The number of hydrogen-bond acceptors (Lipinski definition) is 6. The van der Waals surface area contributed by atoms with E-state index in [9.17, 15) is 9.59 Å². The molecular formula is C20H20N4O3. The summed E-state index contributed by atoms with van der Waals surface area (Å²) in [7, 11) is 0. The Hall–Kier alpha value is -3.48. The quantitative estimate of drug-likeness (QED) is 0.653. The molecule has 0 unspecified atom stereocenters. The van der Waals surface area contributed by atoms with E-state index in [0.29, 0.717) is 30.0 Å². The first-order valence-corrected chi connectivity index (χ1v) is 8.61. The summed E-state index contributed by atoms with van der Waals surface area (Å²) >= 11 is 0. The number of hydrogen-bond donors (Lipinski definition) is 2. The molecule has 7 nitrogen and oxygen atoms in total. The van der Waals surface area contributed by atoms with E-state index in [1.54, 1.807) is 31.2 Å². The van der Waals surface area contributed by atoms with Crippen LogP contribution in [-0.4, -0.2) is 27.8 Å². The molecule has 27 heavy (non-hydrogen) atoms. The number of aromatic amines is 1. The molecule has 0 fully saturated rings. The zero-order valence-corrected chi connectivity index (χ0v) is 15.2. The number of carbonyl (C=O) groups is 1. The fraction of sp³-hybridized carbons (Fsp3) is 0.200. The molecule has 2 aromatic carbocycles. The molecule has 3 rings (SSSR count). The average molecular weight is 364 g/mol. The largest absolute Gasteiger partial charge is 0.462 e. The molecule has 0 bridgehead atoms. The van der Waals surface area contributed by atoms with E-state index in [2.05, 4.69) is 20.5 Å². The predicted octanol–water partition coefficient (Wildman–Crippen LogP) is 2.98. The van der Waals surface area contributed by atoms with Gasteiger partial charge in [0.15, 0.2) is 0 Å². The van der Waals surface area contributed by atoms with Crippen molar-refractivity contribution < 1.29 is 9.53 Å². The third-order valence-electron chi connectivity index (χ3n) is 3.92. The van der Waals surface area contributed by atoms with Gasteiger partial charge in [0, 0.05) is 12.1 Å². The molecule has 1 heterocycles. The van der Waals surface area contributed by atoms with Crippen LogP contribution in [0.3, 0.4) is 0 Å². The van der Waals surface area contributed by atoms with Crippen LogP contribution in [0.5, 0.6) is 0 Å². The average Bonchev–Trinajstić information content (AvgIpc) is 2.66. The van der Waals surface area contributed by atoms with Gasteiger partial charge >= 0.3 is 5.97 Å². The van der Waals surface area contributed by atoms with Gasteiger partial charge in [0.2, 0.25) is 5.95 Å². The van der Waals surface area contributed by atoms with Gasteiger partial charge in [-0.05, 0) is 43.7 Å². The Balaban J connectivity index is 1.69. The van der Waals surface area contributed by atoms with E-state index in [1.165, 1.54) is 0 Å². The lowest BCUT2D eigenvalue weighted by Crippen LogP contribution is -2.18. The molecule has 0 amide bonds. The maximum atomic E-state index is 12.3. The Morgan fingerprint density at radius 1 is 1.07 bits per heavy atom. The zero-order chi connectivity index (χ0) is 19.2. The SMILES string of the molecule is CCOC(=O)c1ccc(Nc2nnc(Cc3ccc(C)cc3)c(=O)[nH]2)cc1.